The second kappa shape index (κ2) is 11.8. The summed E-state index contributed by atoms with van der Waals surface area (Å²) in [7, 11) is 0. The molecule has 0 spiro atoms. The summed E-state index contributed by atoms with van der Waals surface area (Å²) in [5, 5.41) is 8.79. The average Bonchev–Trinajstić information content (AvgIpc) is 2.49. The molecule has 1 rings (SSSR count). The quantitative estimate of drug-likeness (QED) is 0.559. The highest BCUT2D eigenvalue weighted by atomic mass is 16.5. The van der Waals surface area contributed by atoms with Gasteiger partial charge in [0.2, 0.25) is 0 Å². The van der Waals surface area contributed by atoms with Gasteiger partial charge >= 0.3 is 0 Å². The zero-order valence-corrected chi connectivity index (χ0v) is 12.9. The third-order valence-electron chi connectivity index (χ3n) is 3.56. The average molecular weight is 278 g/mol. The zero-order chi connectivity index (χ0) is 14.5. The van der Waals surface area contributed by atoms with Gasteiger partial charge in [-0.05, 0) is 37.0 Å². The molecule has 0 radical (unpaired) electrons. The number of hydrogen-bond donors (Lipinski definition) is 1. The third-order valence-corrected chi connectivity index (χ3v) is 3.56. The van der Waals surface area contributed by atoms with Crippen molar-refractivity contribution in [2.24, 2.45) is 0 Å². The lowest BCUT2D eigenvalue weighted by Gasteiger charge is -2.07. The minimum Gasteiger partial charge on any atom is -0.494 e. The molecule has 0 aliphatic heterocycles. The summed E-state index contributed by atoms with van der Waals surface area (Å²) < 4.78 is 5.74. The molecule has 0 bridgehead atoms. The van der Waals surface area contributed by atoms with E-state index in [0.717, 1.165) is 31.6 Å². The molecule has 0 aromatic heterocycles. The highest BCUT2D eigenvalue weighted by molar-refractivity contribution is 5.27. The van der Waals surface area contributed by atoms with Crippen molar-refractivity contribution >= 4 is 0 Å². The summed E-state index contributed by atoms with van der Waals surface area (Å²) >= 11 is 0. The summed E-state index contributed by atoms with van der Waals surface area (Å²) in [6.45, 7) is 3.34. The lowest BCUT2D eigenvalue weighted by molar-refractivity contribution is 0.288. The Kier molecular flexibility index (Phi) is 10.0. The number of hydrogen-bond acceptors (Lipinski definition) is 2. The molecule has 0 aliphatic carbocycles. The molecular weight excluding hydrogens is 248 g/mol. The van der Waals surface area contributed by atoms with Crippen LogP contribution in [0.4, 0.5) is 0 Å². The van der Waals surface area contributed by atoms with Gasteiger partial charge in [0, 0.05) is 6.61 Å². The highest BCUT2D eigenvalue weighted by Crippen LogP contribution is 2.14. The van der Waals surface area contributed by atoms with Gasteiger partial charge in [-0.1, -0.05) is 57.6 Å². The van der Waals surface area contributed by atoms with Gasteiger partial charge in [-0.3, -0.25) is 0 Å². The zero-order valence-electron chi connectivity index (χ0n) is 12.9. The van der Waals surface area contributed by atoms with Crippen LogP contribution in [-0.2, 0) is 6.42 Å². The Balaban J connectivity index is 2.04. The molecule has 0 heterocycles. The van der Waals surface area contributed by atoms with Crippen LogP contribution < -0.4 is 4.74 Å². The molecule has 0 unspecified atom stereocenters. The van der Waals surface area contributed by atoms with Gasteiger partial charge < -0.3 is 9.84 Å². The Bertz CT molecular complexity index is 319. The molecular formula is C18H30O2. The maximum Gasteiger partial charge on any atom is 0.119 e. The molecule has 1 aromatic rings. The number of aryl methyl sites for hydroxylation is 1. The molecule has 2 nitrogen and oxygen atoms in total. The number of rotatable bonds is 12. The fourth-order valence-corrected chi connectivity index (χ4v) is 2.28. The van der Waals surface area contributed by atoms with E-state index in [1.807, 2.05) is 12.1 Å². The third kappa shape index (κ3) is 8.21. The summed E-state index contributed by atoms with van der Waals surface area (Å²) in [6.07, 6.45) is 11.0. The van der Waals surface area contributed by atoms with Gasteiger partial charge in [0.1, 0.15) is 5.75 Å². The lowest BCUT2D eigenvalue weighted by atomic mass is 10.1. The Hall–Kier alpha value is -1.02. The molecule has 1 N–H and O–H groups in total. The first-order valence-electron chi connectivity index (χ1n) is 8.19. The van der Waals surface area contributed by atoms with Crippen molar-refractivity contribution in [2.75, 3.05) is 13.2 Å². The van der Waals surface area contributed by atoms with E-state index in [2.05, 4.69) is 19.1 Å². The molecule has 0 saturated heterocycles. The van der Waals surface area contributed by atoms with Crippen molar-refractivity contribution in [3.05, 3.63) is 29.8 Å². The van der Waals surface area contributed by atoms with E-state index < -0.39 is 0 Å². The SMILES string of the molecule is CCCCCCCCCOc1ccc(CCCO)cc1. The highest BCUT2D eigenvalue weighted by Gasteiger charge is 1.96. The van der Waals surface area contributed by atoms with Gasteiger partial charge in [0.05, 0.1) is 6.61 Å². The van der Waals surface area contributed by atoms with Crippen molar-refractivity contribution < 1.29 is 9.84 Å². The molecule has 0 aliphatic rings. The molecule has 0 saturated carbocycles. The number of benzene rings is 1. The first-order chi connectivity index (χ1) is 9.86. The van der Waals surface area contributed by atoms with Crippen LogP contribution in [0.1, 0.15) is 63.9 Å². The molecule has 2 heteroatoms. The van der Waals surface area contributed by atoms with Crippen molar-refractivity contribution in [3.8, 4) is 5.75 Å². The number of ether oxygens (including phenoxy) is 1. The van der Waals surface area contributed by atoms with Crippen LogP contribution >= 0.6 is 0 Å². The smallest absolute Gasteiger partial charge is 0.119 e. The van der Waals surface area contributed by atoms with Gasteiger partial charge in [0.15, 0.2) is 0 Å². The van der Waals surface area contributed by atoms with E-state index in [1.54, 1.807) is 0 Å². The van der Waals surface area contributed by atoms with Crippen molar-refractivity contribution in [1.82, 2.24) is 0 Å². The van der Waals surface area contributed by atoms with Crippen molar-refractivity contribution in [2.45, 2.75) is 64.7 Å². The second-order valence-corrected chi connectivity index (χ2v) is 5.44. The van der Waals surface area contributed by atoms with Crippen LogP contribution in [0.5, 0.6) is 5.75 Å². The van der Waals surface area contributed by atoms with E-state index >= 15 is 0 Å². The molecule has 1 aromatic carbocycles. The normalized spacial score (nSPS) is 10.7. The van der Waals surface area contributed by atoms with Crippen LogP contribution in [0.3, 0.4) is 0 Å². The van der Waals surface area contributed by atoms with Crippen molar-refractivity contribution in [3.63, 3.8) is 0 Å². The van der Waals surface area contributed by atoms with E-state index in [1.165, 1.54) is 44.1 Å². The van der Waals surface area contributed by atoms with E-state index in [0.29, 0.717) is 0 Å². The van der Waals surface area contributed by atoms with E-state index in [4.69, 9.17) is 9.84 Å². The molecule has 0 amide bonds. The van der Waals surface area contributed by atoms with E-state index in [-0.39, 0.29) is 6.61 Å². The maximum absolute atomic E-state index is 8.79. The monoisotopic (exact) mass is 278 g/mol. The predicted octanol–water partition coefficient (Wildman–Crippen LogP) is 4.74. The Labute approximate surface area is 124 Å². The standard InChI is InChI=1S/C18H30O2/c1-2-3-4-5-6-7-8-16-20-18-13-11-17(12-14-18)10-9-15-19/h11-14,19H,2-10,15-16H2,1H3. The molecule has 0 fully saturated rings. The van der Waals surface area contributed by atoms with Crippen LogP contribution in [0.15, 0.2) is 24.3 Å². The minimum atomic E-state index is 0.260. The summed E-state index contributed by atoms with van der Waals surface area (Å²) in [6, 6.07) is 8.26. The van der Waals surface area contributed by atoms with Gasteiger partial charge in [0.25, 0.3) is 0 Å². The molecule has 114 valence electrons. The summed E-state index contributed by atoms with van der Waals surface area (Å²) in [5.41, 5.74) is 1.27. The fourth-order valence-electron chi connectivity index (χ4n) is 2.28. The summed E-state index contributed by atoms with van der Waals surface area (Å²) in [5.74, 6) is 0.962. The van der Waals surface area contributed by atoms with Gasteiger partial charge in [-0.25, -0.2) is 0 Å². The van der Waals surface area contributed by atoms with Crippen LogP contribution in [0.25, 0.3) is 0 Å². The Morgan fingerprint density at radius 1 is 0.850 bits per heavy atom. The largest absolute Gasteiger partial charge is 0.494 e. The van der Waals surface area contributed by atoms with Gasteiger partial charge in [-0.2, -0.15) is 0 Å². The van der Waals surface area contributed by atoms with Crippen LogP contribution in [0.2, 0.25) is 0 Å². The molecule has 0 atom stereocenters. The fraction of sp³-hybridized carbons (Fsp3) is 0.667. The van der Waals surface area contributed by atoms with E-state index in [9.17, 15) is 0 Å². The van der Waals surface area contributed by atoms with Crippen LogP contribution in [0, 0.1) is 0 Å². The topological polar surface area (TPSA) is 29.5 Å². The lowest BCUT2D eigenvalue weighted by Crippen LogP contribution is -1.97. The second-order valence-electron chi connectivity index (χ2n) is 5.44. The summed E-state index contributed by atoms with van der Waals surface area (Å²) in [4.78, 5) is 0. The Morgan fingerprint density at radius 2 is 1.50 bits per heavy atom. The molecule has 20 heavy (non-hydrogen) atoms. The maximum atomic E-state index is 8.79. The van der Waals surface area contributed by atoms with Crippen molar-refractivity contribution in [1.29, 1.82) is 0 Å². The first kappa shape index (κ1) is 17.0. The minimum absolute atomic E-state index is 0.260. The predicted molar refractivity (Wildman–Crippen MR) is 85.3 cm³/mol. The number of aliphatic hydroxyl groups is 1. The number of unbranched alkanes of at least 4 members (excludes halogenated alkanes) is 6. The number of aliphatic hydroxyl groups excluding tert-OH is 1. The Morgan fingerprint density at radius 3 is 2.15 bits per heavy atom. The first-order valence-corrected chi connectivity index (χ1v) is 8.19. The van der Waals surface area contributed by atoms with Crippen LogP contribution in [-0.4, -0.2) is 18.3 Å². The van der Waals surface area contributed by atoms with Gasteiger partial charge in [-0.15, -0.1) is 0 Å².